The summed E-state index contributed by atoms with van der Waals surface area (Å²) in [6.07, 6.45) is 3.20. The molecule has 86 valence electrons. The van der Waals surface area contributed by atoms with Crippen LogP contribution in [0.25, 0.3) is 0 Å². The smallest absolute Gasteiger partial charge is 0.223 e. The molecule has 2 atom stereocenters. The average molecular weight is 212 g/mol. The van der Waals surface area contributed by atoms with Crippen molar-refractivity contribution in [1.29, 1.82) is 0 Å². The Kier molecular flexibility index (Phi) is 3.26. The maximum Gasteiger partial charge on any atom is 0.223 e. The lowest BCUT2D eigenvalue weighted by molar-refractivity contribution is -0.139. The van der Waals surface area contributed by atoms with Gasteiger partial charge in [-0.05, 0) is 25.7 Å². The van der Waals surface area contributed by atoms with Gasteiger partial charge in [0, 0.05) is 25.6 Å². The summed E-state index contributed by atoms with van der Waals surface area (Å²) >= 11 is 0. The second kappa shape index (κ2) is 4.49. The van der Waals surface area contributed by atoms with E-state index in [0.29, 0.717) is 19.1 Å². The van der Waals surface area contributed by atoms with E-state index in [-0.39, 0.29) is 18.1 Å². The number of morpholine rings is 1. The third-order valence-electron chi connectivity index (χ3n) is 3.19. The third kappa shape index (κ3) is 2.92. The molecule has 1 saturated carbocycles. The van der Waals surface area contributed by atoms with Crippen LogP contribution in [0.15, 0.2) is 0 Å². The standard InChI is InChI=1S/C11H20N2O2/c1-8(12)10-7-13(4-5-15-10)11(14)6-9-2-3-9/h8-10H,2-7,12H2,1H3. The van der Waals surface area contributed by atoms with Gasteiger partial charge >= 0.3 is 0 Å². The molecule has 2 aliphatic rings. The first-order valence-electron chi connectivity index (χ1n) is 5.82. The predicted octanol–water partition coefficient (Wildman–Crippen LogP) is 0.361. The van der Waals surface area contributed by atoms with E-state index >= 15 is 0 Å². The zero-order chi connectivity index (χ0) is 10.8. The quantitative estimate of drug-likeness (QED) is 0.735. The Morgan fingerprint density at radius 3 is 2.93 bits per heavy atom. The number of amides is 1. The zero-order valence-corrected chi connectivity index (χ0v) is 9.32. The first kappa shape index (κ1) is 10.9. The molecular weight excluding hydrogens is 192 g/mol. The van der Waals surface area contributed by atoms with Crippen LogP contribution in [-0.2, 0) is 9.53 Å². The molecule has 1 amide bonds. The van der Waals surface area contributed by atoms with Gasteiger partial charge in [-0.3, -0.25) is 4.79 Å². The molecule has 1 heterocycles. The highest BCUT2D eigenvalue weighted by molar-refractivity contribution is 5.76. The summed E-state index contributed by atoms with van der Waals surface area (Å²) < 4.78 is 5.52. The molecule has 0 bridgehead atoms. The van der Waals surface area contributed by atoms with Crippen molar-refractivity contribution in [3.05, 3.63) is 0 Å². The third-order valence-corrected chi connectivity index (χ3v) is 3.19. The van der Waals surface area contributed by atoms with Gasteiger partial charge in [0.25, 0.3) is 0 Å². The van der Waals surface area contributed by atoms with Gasteiger partial charge in [-0.25, -0.2) is 0 Å². The van der Waals surface area contributed by atoms with Crippen LogP contribution in [0.2, 0.25) is 0 Å². The van der Waals surface area contributed by atoms with Gasteiger partial charge < -0.3 is 15.4 Å². The summed E-state index contributed by atoms with van der Waals surface area (Å²) in [6.45, 7) is 3.96. The fourth-order valence-electron chi connectivity index (χ4n) is 1.92. The van der Waals surface area contributed by atoms with E-state index in [1.807, 2.05) is 11.8 Å². The van der Waals surface area contributed by atoms with Crippen LogP contribution in [0, 0.1) is 5.92 Å². The molecule has 2 rings (SSSR count). The van der Waals surface area contributed by atoms with E-state index in [2.05, 4.69) is 0 Å². The van der Waals surface area contributed by atoms with Crippen LogP contribution in [-0.4, -0.2) is 42.6 Å². The molecule has 1 aliphatic heterocycles. The summed E-state index contributed by atoms with van der Waals surface area (Å²) in [7, 11) is 0. The number of carbonyl (C=O) groups excluding carboxylic acids is 1. The van der Waals surface area contributed by atoms with Crippen LogP contribution in [0.4, 0.5) is 0 Å². The summed E-state index contributed by atoms with van der Waals surface area (Å²) in [5.74, 6) is 0.945. The van der Waals surface area contributed by atoms with E-state index in [4.69, 9.17) is 10.5 Å². The Morgan fingerprint density at radius 1 is 1.60 bits per heavy atom. The van der Waals surface area contributed by atoms with Gasteiger partial charge in [0.15, 0.2) is 0 Å². The monoisotopic (exact) mass is 212 g/mol. The highest BCUT2D eigenvalue weighted by atomic mass is 16.5. The summed E-state index contributed by atoms with van der Waals surface area (Å²) in [5, 5.41) is 0. The molecule has 1 aliphatic carbocycles. The molecule has 4 nitrogen and oxygen atoms in total. The van der Waals surface area contributed by atoms with Crippen molar-refractivity contribution >= 4 is 5.91 Å². The van der Waals surface area contributed by atoms with Crippen molar-refractivity contribution in [2.75, 3.05) is 19.7 Å². The first-order chi connectivity index (χ1) is 7.16. The van der Waals surface area contributed by atoms with Gasteiger partial charge in [0.2, 0.25) is 5.91 Å². The molecule has 1 saturated heterocycles. The van der Waals surface area contributed by atoms with Crippen molar-refractivity contribution in [3.8, 4) is 0 Å². The van der Waals surface area contributed by atoms with Crippen LogP contribution in [0.5, 0.6) is 0 Å². The molecule has 0 aromatic heterocycles. The Labute approximate surface area is 90.8 Å². The Hall–Kier alpha value is -0.610. The molecule has 4 heteroatoms. The topological polar surface area (TPSA) is 55.6 Å². The minimum absolute atomic E-state index is 0.00141. The van der Waals surface area contributed by atoms with Gasteiger partial charge in [0.1, 0.15) is 0 Å². The maximum atomic E-state index is 11.8. The second-order valence-electron chi connectivity index (χ2n) is 4.76. The number of hydrogen-bond donors (Lipinski definition) is 1. The first-order valence-corrected chi connectivity index (χ1v) is 5.82. The number of carbonyl (C=O) groups is 1. The minimum atomic E-state index is 0.00141. The molecule has 0 aromatic rings. The van der Waals surface area contributed by atoms with Crippen molar-refractivity contribution in [3.63, 3.8) is 0 Å². The van der Waals surface area contributed by atoms with E-state index in [1.54, 1.807) is 0 Å². The highest BCUT2D eigenvalue weighted by Crippen LogP contribution is 2.33. The van der Waals surface area contributed by atoms with Crippen LogP contribution >= 0.6 is 0 Å². The Balaban J connectivity index is 1.82. The van der Waals surface area contributed by atoms with E-state index in [0.717, 1.165) is 13.0 Å². The summed E-state index contributed by atoms with van der Waals surface area (Å²) in [5.41, 5.74) is 5.78. The van der Waals surface area contributed by atoms with Gasteiger partial charge in [-0.15, -0.1) is 0 Å². The second-order valence-corrected chi connectivity index (χ2v) is 4.76. The van der Waals surface area contributed by atoms with E-state index in [9.17, 15) is 4.79 Å². The normalized spacial score (nSPS) is 28.9. The Bertz CT molecular complexity index is 239. The molecule has 2 fully saturated rings. The minimum Gasteiger partial charge on any atom is -0.373 e. The SMILES string of the molecule is CC(N)C1CN(C(=O)CC2CC2)CCO1. The van der Waals surface area contributed by atoms with Crippen LogP contribution < -0.4 is 5.73 Å². The van der Waals surface area contributed by atoms with Crippen molar-refractivity contribution in [2.24, 2.45) is 11.7 Å². The zero-order valence-electron chi connectivity index (χ0n) is 9.32. The molecular formula is C11H20N2O2. The lowest BCUT2D eigenvalue weighted by atomic mass is 10.1. The average Bonchev–Trinajstić information content (AvgIpc) is 3.02. The number of nitrogens with two attached hydrogens (primary N) is 1. The number of hydrogen-bond acceptors (Lipinski definition) is 3. The Morgan fingerprint density at radius 2 is 2.33 bits per heavy atom. The fraction of sp³-hybridized carbons (Fsp3) is 0.909. The van der Waals surface area contributed by atoms with Crippen LogP contribution in [0.3, 0.4) is 0 Å². The fourth-order valence-corrected chi connectivity index (χ4v) is 1.92. The lowest BCUT2D eigenvalue weighted by Gasteiger charge is -2.34. The molecule has 15 heavy (non-hydrogen) atoms. The predicted molar refractivity (Wildman–Crippen MR) is 57.3 cm³/mol. The molecule has 0 spiro atoms. The summed E-state index contributed by atoms with van der Waals surface area (Å²) in [6, 6.07) is 0.00141. The number of rotatable bonds is 3. The lowest BCUT2D eigenvalue weighted by Crippen LogP contribution is -2.51. The molecule has 2 N–H and O–H groups in total. The van der Waals surface area contributed by atoms with E-state index < -0.39 is 0 Å². The van der Waals surface area contributed by atoms with Crippen molar-refractivity contribution in [1.82, 2.24) is 4.90 Å². The maximum absolute atomic E-state index is 11.8. The number of nitrogens with zero attached hydrogens (tertiary/aromatic N) is 1. The van der Waals surface area contributed by atoms with Crippen molar-refractivity contribution in [2.45, 2.75) is 38.3 Å². The summed E-state index contributed by atoms with van der Waals surface area (Å²) in [4.78, 5) is 13.8. The molecule has 0 radical (unpaired) electrons. The molecule has 0 aromatic carbocycles. The van der Waals surface area contributed by atoms with Gasteiger partial charge in [0.05, 0.1) is 12.7 Å². The van der Waals surface area contributed by atoms with Crippen LogP contribution in [0.1, 0.15) is 26.2 Å². The van der Waals surface area contributed by atoms with Gasteiger partial charge in [-0.1, -0.05) is 0 Å². The largest absolute Gasteiger partial charge is 0.373 e. The highest BCUT2D eigenvalue weighted by Gasteiger charge is 2.30. The number of ether oxygens (including phenoxy) is 1. The van der Waals surface area contributed by atoms with Gasteiger partial charge in [-0.2, -0.15) is 0 Å². The van der Waals surface area contributed by atoms with E-state index in [1.165, 1.54) is 12.8 Å². The van der Waals surface area contributed by atoms with Crippen molar-refractivity contribution < 1.29 is 9.53 Å². The molecule has 2 unspecified atom stereocenters.